The van der Waals surface area contributed by atoms with Crippen LogP contribution in [0.2, 0.25) is 0 Å². The molecule has 2 saturated heterocycles. The molecule has 116 valence electrons. The Balaban J connectivity index is 1.90. The predicted octanol–water partition coefficient (Wildman–Crippen LogP) is 0.311. The Labute approximate surface area is 120 Å². The van der Waals surface area contributed by atoms with E-state index in [0.29, 0.717) is 25.6 Å². The first-order chi connectivity index (χ1) is 9.27. The second kappa shape index (κ2) is 5.99. The number of carboxylic acids is 1. The lowest BCUT2D eigenvalue weighted by molar-refractivity contribution is -0.142. The summed E-state index contributed by atoms with van der Waals surface area (Å²) in [6.45, 7) is 5.35. The topological polar surface area (TPSA) is 77.9 Å². The Morgan fingerprint density at radius 2 is 2.00 bits per heavy atom. The molecule has 7 heteroatoms. The lowest BCUT2D eigenvalue weighted by atomic mass is 9.99. The van der Waals surface area contributed by atoms with Crippen molar-refractivity contribution in [2.24, 2.45) is 17.8 Å². The Morgan fingerprint density at radius 3 is 2.55 bits per heavy atom. The van der Waals surface area contributed by atoms with E-state index in [1.165, 1.54) is 6.26 Å². The van der Waals surface area contributed by atoms with E-state index in [2.05, 4.69) is 4.90 Å². The van der Waals surface area contributed by atoms with E-state index in [9.17, 15) is 13.2 Å². The zero-order chi connectivity index (χ0) is 14.9. The minimum atomic E-state index is -3.11. The van der Waals surface area contributed by atoms with E-state index < -0.39 is 16.0 Å². The van der Waals surface area contributed by atoms with Crippen molar-refractivity contribution in [3.05, 3.63) is 0 Å². The van der Waals surface area contributed by atoms with Gasteiger partial charge < -0.3 is 10.0 Å². The SMILES string of the molecule is CC1CN(CC2CCCN(S(C)(=O)=O)C2)CC1C(=O)O. The van der Waals surface area contributed by atoms with Crippen LogP contribution in [0.3, 0.4) is 0 Å². The van der Waals surface area contributed by atoms with Gasteiger partial charge in [0, 0.05) is 32.7 Å². The zero-order valence-electron chi connectivity index (χ0n) is 12.2. The van der Waals surface area contributed by atoms with Crippen LogP contribution in [0.5, 0.6) is 0 Å². The molecule has 0 radical (unpaired) electrons. The number of nitrogens with zero attached hydrogens (tertiary/aromatic N) is 2. The molecule has 0 aromatic carbocycles. The van der Waals surface area contributed by atoms with E-state index in [0.717, 1.165) is 25.9 Å². The van der Waals surface area contributed by atoms with Crippen molar-refractivity contribution in [2.45, 2.75) is 19.8 Å². The Morgan fingerprint density at radius 1 is 1.30 bits per heavy atom. The maximum absolute atomic E-state index is 11.6. The molecule has 1 N–H and O–H groups in total. The van der Waals surface area contributed by atoms with Gasteiger partial charge in [-0.05, 0) is 24.7 Å². The summed E-state index contributed by atoms with van der Waals surface area (Å²) in [6, 6.07) is 0. The van der Waals surface area contributed by atoms with Crippen molar-refractivity contribution in [3.63, 3.8) is 0 Å². The molecule has 0 aliphatic carbocycles. The van der Waals surface area contributed by atoms with Crippen molar-refractivity contribution in [3.8, 4) is 0 Å². The van der Waals surface area contributed by atoms with E-state index in [1.807, 2.05) is 6.92 Å². The summed E-state index contributed by atoms with van der Waals surface area (Å²) < 4.78 is 24.7. The van der Waals surface area contributed by atoms with Crippen LogP contribution in [0.4, 0.5) is 0 Å². The van der Waals surface area contributed by atoms with Gasteiger partial charge in [-0.15, -0.1) is 0 Å². The van der Waals surface area contributed by atoms with Crippen molar-refractivity contribution in [2.75, 3.05) is 39.0 Å². The number of carboxylic acid groups (broad SMARTS) is 1. The van der Waals surface area contributed by atoms with Gasteiger partial charge in [0.25, 0.3) is 0 Å². The maximum Gasteiger partial charge on any atom is 0.308 e. The monoisotopic (exact) mass is 304 g/mol. The van der Waals surface area contributed by atoms with Crippen LogP contribution in [-0.4, -0.2) is 67.7 Å². The summed E-state index contributed by atoms with van der Waals surface area (Å²) in [6.07, 6.45) is 3.17. The zero-order valence-corrected chi connectivity index (χ0v) is 13.0. The smallest absolute Gasteiger partial charge is 0.308 e. The molecule has 2 fully saturated rings. The van der Waals surface area contributed by atoms with Crippen LogP contribution in [0, 0.1) is 17.8 Å². The van der Waals surface area contributed by atoms with Crippen molar-refractivity contribution in [1.82, 2.24) is 9.21 Å². The Hall–Kier alpha value is -0.660. The average Bonchev–Trinajstić information content (AvgIpc) is 2.69. The standard InChI is InChI=1S/C13H24N2O4S/c1-10-6-14(9-12(10)13(16)17)7-11-4-3-5-15(8-11)20(2,18)19/h10-12H,3-9H2,1-2H3,(H,16,17). The van der Waals surface area contributed by atoms with Crippen LogP contribution in [0.1, 0.15) is 19.8 Å². The molecule has 6 nitrogen and oxygen atoms in total. The summed E-state index contributed by atoms with van der Waals surface area (Å²) in [7, 11) is -3.11. The highest BCUT2D eigenvalue weighted by Gasteiger charge is 2.36. The van der Waals surface area contributed by atoms with Gasteiger partial charge in [0.05, 0.1) is 12.2 Å². The summed E-state index contributed by atoms with van der Waals surface area (Å²) in [5, 5.41) is 9.14. The molecule has 0 amide bonds. The first-order valence-electron chi connectivity index (χ1n) is 7.17. The molecular weight excluding hydrogens is 280 g/mol. The highest BCUT2D eigenvalue weighted by molar-refractivity contribution is 7.88. The molecule has 3 atom stereocenters. The number of carbonyl (C=O) groups is 1. The molecule has 0 bridgehead atoms. The molecule has 0 aromatic rings. The highest BCUT2D eigenvalue weighted by Crippen LogP contribution is 2.26. The van der Waals surface area contributed by atoms with E-state index in [4.69, 9.17) is 5.11 Å². The molecule has 2 aliphatic rings. The summed E-state index contributed by atoms with van der Waals surface area (Å²) in [5.74, 6) is -0.522. The van der Waals surface area contributed by atoms with Crippen LogP contribution < -0.4 is 0 Å². The van der Waals surface area contributed by atoms with E-state index in [-0.39, 0.29) is 11.8 Å². The fraction of sp³-hybridized carbons (Fsp3) is 0.923. The number of sulfonamides is 1. The summed E-state index contributed by atoms with van der Waals surface area (Å²) in [5.41, 5.74) is 0. The van der Waals surface area contributed by atoms with E-state index in [1.54, 1.807) is 4.31 Å². The minimum absolute atomic E-state index is 0.169. The molecule has 0 saturated carbocycles. The summed E-state index contributed by atoms with van der Waals surface area (Å²) >= 11 is 0. The number of hydrogen-bond acceptors (Lipinski definition) is 4. The molecule has 2 aliphatic heterocycles. The third kappa shape index (κ3) is 3.71. The second-order valence-corrected chi connectivity index (χ2v) is 8.25. The number of hydrogen-bond donors (Lipinski definition) is 1. The molecule has 3 unspecified atom stereocenters. The fourth-order valence-electron chi connectivity index (χ4n) is 3.38. The van der Waals surface area contributed by atoms with Gasteiger partial charge >= 0.3 is 5.97 Å². The van der Waals surface area contributed by atoms with Crippen LogP contribution in [0.15, 0.2) is 0 Å². The lowest BCUT2D eigenvalue weighted by Gasteiger charge is -2.33. The molecule has 2 heterocycles. The maximum atomic E-state index is 11.6. The predicted molar refractivity (Wildman–Crippen MR) is 75.9 cm³/mol. The molecular formula is C13H24N2O4S. The fourth-order valence-corrected chi connectivity index (χ4v) is 4.32. The molecule has 2 rings (SSSR count). The van der Waals surface area contributed by atoms with Gasteiger partial charge in [-0.25, -0.2) is 12.7 Å². The van der Waals surface area contributed by atoms with Gasteiger partial charge in [0.15, 0.2) is 0 Å². The largest absolute Gasteiger partial charge is 0.481 e. The van der Waals surface area contributed by atoms with Gasteiger partial charge in [-0.3, -0.25) is 4.79 Å². The minimum Gasteiger partial charge on any atom is -0.481 e. The Kier molecular flexibility index (Phi) is 4.71. The van der Waals surface area contributed by atoms with Gasteiger partial charge in [-0.2, -0.15) is 0 Å². The van der Waals surface area contributed by atoms with E-state index >= 15 is 0 Å². The van der Waals surface area contributed by atoms with Crippen LogP contribution >= 0.6 is 0 Å². The third-order valence-corrected chi connectivity index (χ3v) is 5.74. The number of likely N-dealkylation sites (tertiary alicyclic amines) is 1. The Bertz CT molecular complexity index is 465. The normalized spacial score (nSPS) is 33.4. The molecule has 0 aromatic heterocycles. The lowest BCUT2D eigenvalue weighted by Crippen LogP contribution is -2.43. The van der Waals surface area contributed by atoms with Crippen molar-refractivity contribution >= 4 is 16.0 Å². The highest BCUT2D eigenvalue weighted by atomic mass is 32.2. The molecule has 20 heavy (non-hydrogen) atoms. The van der Waals surface area contributed by atoms with Gasteiger partial charge in [-0.1, -0.05) is 6.92 Å². The number of aliphatic carboxylic acids is 1. The average molecular weight is 304 g/mol. The first-order valence-corrected chi connectivity index (χ1v) is 9.02. The van der Waals surface area contributed by atoms with Crippen molar-refractivity contribution < 1.29 is 18.3 Å². The summed E-state index contributed by atoms with van der Waals surface area (Å²) in [4.78, 5) is 13.3. The second-order valence-electron chi connectivity index (χ2n) is 6.27. The third-order valence-electron chi connectivity index (χ3n) is 4.47. The first kappa shape index (κ1) is 15.7. The van der Waals surface area contributed by atoms with Gasteiger partial charge in [0.2, 0.25) is 10.0 Å². The van der Waals surface area contributed by atoms with Gasteiger partial charge in [0.1, 0.15) is 0 Å². The van der Waals surface area contributed by atoms with Crippen LogP contribution in [0.25, 0.3) is 0 Å². The van der Waals surface area contributed by atoms with Crippen LogP contribution in [-0.2, 0) is 14.8 Å². The number of rotatable bonds is 4. The number of piperidine rings is 1. The quantitative estimate of drug-likeness (QED) is 0.809. The van der Waals surface area contributed by atoms with Crippen molar-refractivity contribution in [1.29, 1.82) is 0 Å². The molecule has 0 spiro atoms.